The third-order valence-corrected chi connectivity index (χ3v) is 5.13. The quantitative estimate of drug-likeness (QED) is 0.577. The number of hydrogen-bond acceptors (Lipinski definition) is 4. The maximum Gasteiger partial charge on any atom is 0.260 e. The molecule has 1 aromatic carbocycles. The lowest BCUT2D eigenvalue weighted by atomic mass is 10.1. The van der Waals surface area contributed by atoms with Crippen LogP contribution in [-0.4, -0.2) is 33.8 Å². The van der Waals surface area contributed by atoms with Gasteiger partial charge in [0, 0.05) is 30.4 Å². The molecule has 150 valence electrons. The zero-order valence-electron chi connectivity index (χ0n) is 16.7. The van der Waals surface area contributed by atoms with Crippen LogP contribution in [0.5, 0.6) is 0 Å². The van der Waals surface area contributed by atoms with E-state index in [0.29, 0.717) is 17.7 Å². The molecule has 0 bridgehead atoms. The summed E-state index contributed by atoms with van der Waals surface area (Å²) in [6.45, 7) is 2.36. The summed E-state index contributed by atoms with van der Waals surface area (Å²) < 4.78 is 1.60. The van der Waals surface area contributed by atoms with Gasteiger partial charge in [-0.1, -0.05) is 31.2 Å². The molecule has 0 radical (unpaired) electrons. The summed E-state index contributed by atoms with van der Waals surface area (Å²) in [6, 6.07) is 7.81. The third-order valence-electron chi connectivity index (χ3n) is 5.13. The molecule has 1 amide bonds. The fourth-order valence-corrected chi connectivity index (χ4v) is 3.46. The average molecular weight is 391 g/mol. The number of pyridine rings is 1. The van der Waals surface area contributed by atoms with Gasteiger partial charge in [0.2, 0.25) is 0 Å². The first kappa shape index (κ1) is 19.0. The Labute approximate surface area is 168 Å². The molecule has 1 saturated carbocycles. The summed E-state index contributed by atoms with van der Waals surface area (Å²) in [4.78, 5) is 26.0. The molecular weight excluding hydrogens is 366 g/mol. The van der Waals surface area contributed by atoms with Gasteiger partial charge in [0.25, 0.3) is 11.5 Å². The van der Waals surface area contributed by atoms with Crippen LogP contribution < -0.4 is 16.2 Å². The van der Waals surface area contributed by atoms with Crippen LogP contribution in [0.25, 0.3) is 16.6 Å². The van der Waals surface area contributed by atoms with Crippen LogP contribution in [-0.2, 0) is 6.54 Å². The van der Waals surface area contributed by atoms with Gasteiger partial charge in [-0.25, -0.2) is 0 Å². The first-order valence-corrected chi connectivity index (χ1v) is 9.95. The number of carbonyl (C=O) groups excluding carboxylic acids is 1. The zero-order chi connectivity index (χ0) is 20.4. The fraction of sp³-hybridized carbons (Fsp3) is 0.318. The number of rotatable bonds is 7. The van der Waals surface area contributed by atoms with Crippen molar-refractivity contribution in [3.63, 3.8) is 0 Å². The highest BCUT2D eigenvalue weighted by Crippen LogP contribution is 2.20. The average Bonchev–Trinajstić information content (AvgIpc) is 3.40. The van der Waals surface area contributed by atoms with Gasteiger partial charge in [-0.3, -0.25) is 14.7 Å². The van der Waals surface area contributed by atoms with Crippen molar-refractivity contribution in [2.45, 2.75) is 38.8 Å². The SMILES string of the molecule is CC/C=C(\NC)c1cc(C(=O)NC2CC2)cn(Cc2cccc3cn[nH]c23)c1=O. The van der Waals surface area contributed by atoms with Crippen LogP contribution in [0, 0.1) is 0 Å². The summed E-state index contributed by atoms with van der Waals surface area (Å²) >= 11 is 0. The van der Waals surface area contributed by atoms with Gasteiger partial charge >= 0.3 is 0 Å². The molecular formula is C22H25N5O2. The van der Waals surface area contributed by atoms with Crippen molar-refractivity contribution in [3.8, 4) is 0 Å². The normalized spacial score (nSPS) is 14.2. The predicted molar refractivity (Wildman–Crippen MR) is 114 cm³/mol. The summed E-state index contributed by atoms with van der Waals surface area (Å²) in [5, 5.41) is 14.2. The molecule has 7 nitrogen and oxygen atoms in total. The number of fused-ring (bicyclic) bond motifs is 1. The number of amides is 1. The van der Waals surface area contributed by atoms with Gasteiger partial charge in [-0.15, -0.1) is 0 Å². The largest absolute Gasteiger partial charge is 0.388 e. The Hall–Kier alpha value is -3.35. The van der Waals surface area contributed by atoms with E-state index in [0.717, 1.165) is 41.4 Å². The molecule has 0 aliphatic heterocycles. The van der Waals surface area contributed by atoms with Gasteiger partial charge in [0.05, 0.1) is 29.4 Å². The Morgan fingerprint density at radius 3 is 2.93 bits per heavy atom. The van der Waals surface area contributed by atoms with E-state index >= 15 is 0 Å². The second kappa shape index (κ2) is 7.95. The lowest BCUT2D eigenvalue weighted by Gasteiger charge is -2.14. The molecule has 2 aromatic heterocycles. The van der Waals surface area contributed by atoms with Crippen molar-refractivity contribution >= 4 is 22.5 Å². The Morgan fingerprint density at radius 1 is 1.38 bits per heavy atom. The first-order chi connectivity index (χ1) is 14.1. The topological polar surface area (TPSA) is 91.8 Å². The van der Waals surface area contributed by atoms with Crippen LogP contribution in [0.4, 0.5) is 0 Å². The number of nitrogens with zero attached hydrogens (tertiary/aromatic N) is 2. The molecule has 1 aliphatic rings. The van der Waals surface area contributed by atoms with E-state index < -0.39 is 0 Å². The minimum Gasteiger partial charge on any atom is -0.388 e. The van der Waals surface area contributed by atoms with Gasteiger partial charge in [0.1, 0.15) is 0 Å². The number of carbonyl (C=O) groups is 1. The van der Waals surface area contributed by atoms with E-state index in [9.17, 15) is 9.59 Å². The lowest BCUT2D eigenvalue weighted by Crippen LogP contribution is -2.31. The van der Waals surface area contributed by atoms with Crippen molar-refractivity contribution in [1.29, 1.82) is 0 Å². The lowest BCUT2D eigenvalue weighted by molar-refractivity contribution is 0.0950. The van der Waals surface area contributed by atoms with Crippen LogP contribution >= 0.6 is 0 Å². The Morgan fingerprint density at radius 2 is 2.21 bits per heavy atom. The van der Waals surface area contributed by atoms with Crippen molar-refractivity contribution in [3.05, 3.63) is 69.8 Å². The molecule has 3 aromatic rings. The number of para-hydroxylation sites is 1. The molecule has 1 fully saturated rings. The molecule has 0 unspecified atom stereocenters. The maximum absolute atomic E-state index is 13.3. The minimum atomic E-state index is -0.144. The fourth-order valence-electron chi connectivity index (χ4n) is 3.46. The van der Waals surface area contributed by atoms with Gasteiger partial charge in [-0.05, 0) is 30.9 Å². The number of nitrogens with one attached hydrogen (secondary N) is 3. The number of benzene rings is 1. The molecule has 1 aliphatic carbocycles. The van der Waals surface area contributed by atoms with E-state index in [4.69, 9.17) is 0 Å². The number of aromatic amines is 1. The molecule has 0 spiro atoms. The standard InChI is InChI=1S/C22H25N5O2/c1-3-5-19(23-2)18-10-16(21(28)25-17-8-9-17)13-27(22(18)29)12-15-7-4-6-14-11-24-26-20(14)15/h4-7,10-11,13,17,23H,3,8-9,12H2,1-2H3,(H,24,26)(H,25,28)/b19-5-. The number of aromatic nitrogens is 3. The summed E-state index contributed by atoms with van der Waals surface area (Å²) in [7, 11) is 1.79. The molecule has 0 saturated heterocycles. The highest BCUT2D eigenvalue weighted by molar-refractivity contribution is 5.95. The smallest absolute Gasteiger partial charge is 0.260 e. The van der Waals surface area contributed by atoms with Crippen molar-refractivity contribution in [2.75, 3.05) is 7.05 Å². The Balaban J connectivity index is 1.80. The van der Waals surface area contributed by atoms with E-state index in [1.165, 1.54) is 0 Å². The van der Waals surface area contributed by atoms with Gasteiger partial charge in [0.15, 0.2) is 0 Å². The number of H-pyrrole nitrogens is 1. The van der Waals surface area contributed by atoms with Crippen molar-refractivity contribution in [1.82, 2.24) is 25.4 Å². The minimum absolute atomic E-state index is 0.140. The van der Waals surface area contributed by atoms with Crippen LogP contribution in [0.3, 0.4) is 0 Å². The molecule has 2 heterocycles. The number of allylic oxidation sites excluding steroid dienone is 1. The molecule has 0 atom stereocenters. The second-order valence-corrected chi connectivity index (χ2v) is 7.35. The molecule has 4 rings (SSSR count). The van der Waals surface area contributed by atoms with Gasteiger partial charge in [-0.2, -0.15) is 5.10 Å². The molecule has 3 N–H and O–H groups in total. The van der Waals surface area contributed by atoms with E-state index in [-0.39, 0.29) is 17.5 Å². The van der Waals surface area contributed by atoms with E-state index in [2.05, 4.69) is 20.8 Å². The van der Waals surface area contributed by atoms with Crippen molar-refractivity contribution in [2.24, 2.45) is 0 Å². The highest BCUT2D eigenvalue weighted by Gasteiger charge is 2.25. The van der Waals surface area contributed by atoms with Crippen LogP contribution in [0.1, 0.15) is 47.7 Å². The Kier molecular flexibility index (Phi) is 5.20. The third kappa shape index (κ3) is 3.94. The van der Waals surface area contributed by atoms with Crippen molar-refractivity contribution < 1.29 is 4.79 Å². The van der Waals surface area contributed by atoms with Crippen LogP contribution in [0.15, 0.2) is 47.5 Å². The summed E-state index contributed by atoms with van der Waals surface area (Å²) in [5.41, 5.74) is 3.41. The van der Waals surface area contributed by atoms with Gasteiger partial charge < -0.3 is 15.2 Å². The first-order valence-electron chi connectivity index (χ1n) is 9.95. The highest BCUT2D eigenvalue weighted by atomic mass is 16.2. The molecule has 29 heavy (non-hydrogen) atoms. The summed E-state index contributed by atoms with van der Waals surface area (Å²) in [5.74, 6) is -0.144. The van der Waals surface area contributed by atoms with Crippen LogP contribution in [0.2, 0.25) is 0 Å². The molecule has 7 heteroatoms. The summed E-state index contributed by atoms with van der Waals surface area (Å²) in [6.07, 6.45) is 8.17. The second-order valence-electron chi connectivity index (χ2n) is 7.35. The number of hydrogen-bond donors (Lipinski definition) is 3. The zero-order valence-corrected chi connectivity index (χ0v) is 16.7. The Bertz CT molecular complexity index is 1140. The monoisotopic (exact) mass is 391 g/mol. The predicted octanol–water partition coefficient (Wildman–Crippen LogP) is 2.64. The van der Waals surface area contributed by atoms with E-state index in [1.54, 1.807) is 30.1 Å². The maximum atomic E-state index is 13.3. The van der Waals surface area contributed by atoms with E-state index in [1.807, 2.05) is 31.2 Å².